The lowest BCUT2D eigenvalue weighted by atomic mass is 10.0. The largest absolute Gasteiger partial charge is 0.465 e. The number of carbonyl (C=O) groups is 1. The van der Waals surface area contributed by atoms with Gasteiger partial charge in [-0.2, -0.15) is 10.1 Å². The predicted octanol–water partition coefficient (Wildman–Crippen LogP) is 2.60. The van der Waals surface area contributed by atoms with E-state index in [-0.39, 0.29) is 29.8 Å². The summed E-state index contributed by atoms with van der Waals surface area (Å²) in [7, 11) is 1.85. The van der Waals surface area contributed by atoms with Gasteiger partial charge in [0.05, 0.1) is 24.5 Å². The number of esters is 1. The number of rotatable bonds is 7. The van der Waals surface area contributed by atoms with Crippen molar-refractivity contribution < 1.29 is 13.9 Å². The van der Waals surface area contributed by atoms with Crippen molar-refractivity contribution in [2.75, 3.05) is 30.4 Å². The number of carbonyl (C=O) groups excluding carboxylic acids is 1. The molecule has 31 heavy (non-hydrogen) atoms. The number of aromatic amines is 1. The van der Waals surface area contributed by atoms with Crippen molar-refractivity contribution >= 4 is 34.3 Å². The summed E-state index contributed by atoms with van der Waals surface area (Å²) in [5.41, 5.74) is 1.59. The molecular formula is C21H26FN7O2. The van der Waals surface area contributed by atoms with Gasteiger partial charge in [-0.1, -0.05) is 6.92 Å². The summed E-state index contributed by atoms with van der Waals surface area (Å²) in [5.74, 6) is -0.112. The van der Waals surface area contributed by atoms with Crippen LogP contribution in [0.3, 0.4) is 0 Å². The van der Waals surface area contributed by atoms with Gasteiger partial charge in [-0.05, 0) is 37.5 Å². The van der Waals surface area contributed by atoms with Crippen LogP contribution in [0.4, 0.5) is 21.8 Å². The van der Waals surface area contributed by atoms with Crippen LogP contribution in [0.25, 0.3) is 10.9 Å². The zero-order valence-electron chi connectivity index (χ0n) is 17.7. The summed E-state index contributed by atoms with van der Waals surface area (Å²) >= 11 is 0. The maximum Gasteiger partial charge on any atom is 0.323 e. The Bertz CT molecular complexity index is 1070. The fourth-order valence-corrected chi connectivity index (χ4v) is 3.93. The van der Waals surface area contributed by atoms with Gasteiger partial charge in [0.1, 0.15) is 6.04 Å². The minimum Gasteiger partial charge on any atom is -0.465 e. The first-order chi connectivity index (χ1) is 14.9. The molecule has 3 unspecified atom stereocenters. The Balaban J connectivity index is 1.44. The van der Waals surface area contributed by atoms with Crippen LogP contribution in [0.2, 0.25) is 0 Å². The Hall–Kier alpha value is -3.27. The van der Waals surface area contributed by atoms with Gasteiger partial charge >= 0.3 is 5.97 Å². The van der Waals surface area contributed by atoms with Crippen LogP contribution in [-0.4, -0.2) is 58.4 Å². The number of aromatic nitrogens is 4. The molecule has 0 aliphatic carbocycles. The third-order valence-electron chi connectivity index (χ3n) is 5.45. The molecule has 1 fully saturated rings. The molecule has 2 aromatic heterocycles. The SMILES string of the molecule is CCOC(=O)C1NC(CN(C)c2ncc(F)c(Nc3ccc4[nH]ncc4c3)n2)CC1C. The molecule has 0 saturated carbocycles. The monoisotopic (exact) mass is 427 g/mol. The number of hydrogen-bond acceptors (Lipinski definition) is 8. The van der Waals surface area contributed by atoms with Gasteiger partial charge < -0.3 is 15.0 Å². The maximum absolute atomic E-state index is 14.4. The number of halogens is 1. The smallest absolute Gasteiger partial charge is 0.323 e. The van der Waals surface area contributed by atoms with E-state index in [0.29, 0.717) is 24.8 Å². The summed E-state index contributed by atoms with van der Waals surface area (Å²) < 4.78 is 19.5. The summed E-state index contributed by atoms with van der Waals surface area (Å²) in [6.45, 7) is 4.77. The van der Waals surface area contributed by atoms with Crippen molar-refractivity contribution in [2.45, 2.75) is 32.4 Å². The van der Waals surface area contributed by atoms with Crippen LogP contribution < -0.4 is 15.5 Å². The molecule has 3 N–H and O–H groups in total. The van der Waals surface area contributed by atoms with E-state index in [9.17, 15) is 9.18 Å². The van der Waals surface area contributed by atoms with E-state index < -0.39 is 5.82 Å². The number of H-pyrrole nitrogens is 1. The number of ether oxygens (including phenoxy) is 1. The summed E-state index contributed by atoms with van der Waals surface area (Å²) in [5, 5.41) is 14.1. The van der Waals surface area contributed by atoms with Gasteiger partial charge in [-0.3, -0.25) is 15.2 Å². The van der Waals surface area contributed by atoms with Crippen LogP contribution in [0.1, 0.15) is 20.3 Å². The summed E-state index contributed by atoms with van der Waals surface area (Å²) in [4.78, 5) is 22.4. The van der Waals surface area contributed by atoms with Crippen molar-refractivity contribution in [2.24, 2.45) is 5.92 Å². The highest BCUT2D eigenvalue weighted by Crippen LogP contribution is 2.25. The van der Waals surface area contributed by atoms with Crippen molar-refractivity contribution in [3.8, 4) is 0 Å². The van der Waals surface area contributed by atoms with Gasteiger partial charge in [-0.15, -0.1) is 0 Å². The van der Waals surface area contributed by atoms with E-state index >= 15 is 0 Å². The molecule has 3 aromatic rings. The second-order valence-corrected chi connectivity index (χ2v) is 7.85. The second-order valence-electron chi connectivity index (χ2n) is 7.85. The van der Waals surface area contributed by atoms with Gasteiger partial charge in [0.15, 0.2) is 11.6 Å². The number of likely N-dealkylation sites (N-methyl/N-ethyl adjacent to an activating group) is 1. The van der Waals surface area contributed by atoms with E-state index in [2.05, 4.69) is 30.8 Å². The molecule has 1 saturated heterocycles. The van der Waals surface area contributed by atoms with Crippen LogP contribution >= 0.6 is 0 Å². The van der Waals surface area contributed by atoms with E-state index in [1.165, 1.54) is 0 Å². The Morgan fingerprint density at radius 3 is 3.03 bits per heavy atom. The van der Waals surface area contributed by atoms with Gasteiger partial charge in [0.25, 0.3) is 0 Å². The van der Waals surface area contributed by atoms with E-state index in [1.54, 1.807) is 13.1 Å². The minimum absolute atomic E-state index is 0.0722. The molecule has 3 heterocycles. The van der Waals surface area contributed by atoms with Crippen molar-refractivity contribution in [1.82, 2.24) is 25.5 Å². The zero-order chi connectivity index (χ0) is 22.0. The molecule has 1 aliphatic rings. The second kappa shape index (κ2) is 8.84. The van der Waals surface area contributed by atoms with Gasteiger partial charge in [0.2, 0.25) is 5.95 Å². The zero-order valence-corrected chi connectivity index (χ0v) is 17.7. The molecule has 4 rings (SSSR count). The molecule has 1 aromatic carbocycles. The first-order valence-corrected chi connectivity index (χ1v) is 10.3. The highest BCUT2D eigenvalue weighted by atomic mass is 19.1. The summed E-state index contributed by atoms with van der Waals surface area (Å²) in [6, 6.07) is 5.31. The fraction of sp³-hybridized carbons (Fsp3) is 0.429. The van der Waals surface area contributed by atoms with E-state index in [4.69, 9.17) is 4.74 Å². The predicted molar refractivity (Wildman–Crippen MR) is 116 cm³/mol. The van der Waals surface area contributed by atoms with Crippen molar-refractivity contribution in [1.29, 1.82) is 0 Å². The number of benzene rings is 1. The molecule has 0 radical (unpaired) electrons. The lowest BCUT2D eigenvalue weighted by molar-refractivity contribution is -0.146. The van der Waals surface area contributed by atoms with Gasteiger partial charge in [0, 0.05) is 30.7 Å². The van der Waals surface area contributed by atoms with Crippen LogP contribution in [0, 0.1) is 11.7 Å². The molecule has 0 spiro atoms. The first-order valence-electron chi connectivity index (χ1n) is 10.3. The van der Waals surface area contributed by atoms with Crippen LogP contribution in [0.15, 0.2) is 30.6 Å². The third-order valence-corrected chi connectivity index (χ3v) is 5.45. The Kier molecular flexibility index (Phi) is 5.99. The third kappa shape index (κ3) is 4.58. The molecule has 9 nitrogen and oxygen atoms in total. The highest BCUT2D eigenvalue weighted by molar-refractivity contribution is 5.82. The Labute approximate surface area is 179 Å². The number of anilines is 3. The van der Waals surface area contributed by atoms with Crippen LogP contribution in [-0.2, 0) is 9.53 Å². The molecule has 0 bridgehead atoms. The molecule has 0 amide bonds. The average molecular weight is 427 g/mol. The molecule has 3 atom stereocenters. The molecule has 1 aliphatic heterocycles. The van der Waals surface area contributed by atoms with Crippen LogP contribution in [0.5, 0.6) is 0 Å². The number of fused-ring (bicyclic) bond motifs is 1. The fourth-order valence-electron chi connectivity index (χ4n) is 3.93. The van der Waals surface area contributed by atoms with Crippen molar-refractivity contribution in [3.05, 3.63) is 36.4 Å². The Morgan fingerprint density at radius 2 is 2.23 bits per heavy atom. The lowest BCUT2D eigenvalue weighted by Crippen LogP contribution is -2.43. The lowest BCUT2D eigenvalue weighted by Gasteiger charge is -2.22. The van der Waals surface area contributed by atoms with Gasteiger partial charge in [-0.25, -0.2) is 9.37 Å². The molecule has 10 heteroatoms. The van der Waals surface area contributed by atoms with E-state index in [1.807, 2.05) is 37.1 Å². The van der Waals surface area contributed by atoms with Crippen molar-refractivity contribution in [3.63, 3.8) is 0 Å². The standard InChI is InChI=1S/C21H26FN7O2/c1-4-31-20(30)18-12(2)7-15(25-18)11-29(3)21-23-10-16(22)19(27-21)26-14-5-6-17-13(8-14)9-24-28-17/h5-6,8-10,12,15,18,25H,4,7,11H2,1-3H3,(H,24,28)(H,23,26,27). The summed E-state index contributed by atoms with van der Waals surface area (Å²) in [6.07, 6.45) is 3.68. The minimum atomic E-state index is -0.542. The normalized spacial score (nSPS) is 20.7. The Morgan fingerprint density at radius 1 is 1.39 bits per heavy atom. The highest BCUT2D eigenvalue weighted by Gasteiger charge is 2.36. The maximum atomic E-state index is 14.4. The average Bonchev–Trinajstić information content (AvgIpc) is 3.35. The number of nitrogens with zero attached hydrogens (tertiary/aromatic N) is 4. The number of nitrogens with one attached hydrogen (secondary N) is 3. The number of hydrogen-bond donors (Lipinski definition) is 3. The quantitative estimate of drug-likeness (QED) is 0.494. The molecule has 164 valence electrons. The molecular weight excluding hydrogens is 401 g/mol. The first kappa shape index (κ1) is 21.0. The topological polar surface area (TPSA) is 108 Å². The van der Waals surface area contributed by atoms with E-state index in [0.717, 1.165) is 23.5 Å².